The Bertz CT molecular complexity index is 466. The molecule has 0 bridgehead atoms. The van der Waals surface area contributed by atoms with Crippen molar-refractivity contribution in [3.05, 3.63) is 41.2 Å². The zero-order chi connectivity index (χ0) is 12.8. The minimum atomic E-state index is -0.965. The molecule has 1 aromatic rings. The molecule has 0 unspecified atom stereocenters. The Balaban J connectivity index is 2.85. The Labute approximate surface area is 97.3 Å². The SMILES string of the molecule is COC(=O)c1ccc(C=CCC(=O)O)cc1F. The number of benzene rings is 1. The van der Waals surface area contributed by atoms with E-state index in [4.69, 9.17) is 5.11 Å². The molecular formula is C12H11FO4. The van der Waals surface area contributed by atoms with Gasteiger partial charge in [0.2, 0.25) is 0 Å². The first-order valence-corrected chi connectivity index (χ1v) is 4.81. The lowest BCUT2D eigenvalue weighted by Gasteiger charge is -2.01. The lowest BCUT2D eigenvalue weighted by atomic mass is 10.1. The summed E-state index contributed by atoms with van der Waals surface area (Å²) in [6, 6.07) is 3.94. The molecule has 0 heterocycles. The zero-order valence-electron chi connectivity index (χ0n) is 9.14. The molecule has 0 aliphatic carbocycles. The van der Waals surface area contributed by atoms with Crippen LogP contribution in [0.25, 0.3) is 6.08 Å². The summed E-state index contributed by atoms with van der Waals surface area (Å²) in [5.41, 5.74) is 0.333. The molecule has 0 fully saturated rings. The Morgan fingerprint density at radius 2 is 2.18 bits per heavy atom. The molecule has 5 heteroatoms. The van der Waals surface area contributed by atoms with E-state index in [1.165, 1.54) is 31.4 Å². The van der Waals surface area contributed by atoms with Crippen molar-refractivity contribution in [1.82, 2.24) is 0 Å². The van der Waals surface area contributed by atoms with Gasteiger partial charge in [-0.15, -0.1) is 0 Å². The molecule has 1 aromatic carbocycles. The van der Waals surface area contributed by atoms with Crippen LogP contribution in [0.4, 0.5) is 4.39 Å². The van der Waals surface area contributed by atoms with Gasteiger partial charge in [0.15, 0.2) is 0 Å². The second-order valence-corrected chi connectivity index (χ2v) is 3.23. The van der Waals surface area contributed by atoms with Gasteiger partial charge in [-0.3, -0.25) is 4.79 Å². The molecule has 0 radical (unpaired) electrons. The molecular weight excluding hydrogens is 227 g/mol. The molecule has 0 saturated carbocycles. The van der Waals surface area contributed by atoms with E-state index >= 15 is 0 Å². The summed E-state index contributed by atoms with van der Waals surface area (Å²) in [6.45, 7) is 0. The van der Waals surface area contributed by atoms with Crippen LogP contribution in [0.15, 0.2) is 24.3 Å². The topological polar surface area (TPSA) is 63.6 Å². The van der Waals surface area contributed by atoms with Gasteiger partial charge in [-0.2, -0.15) is 0 Å². The van der Waals surface area contributed by atoms with Crippen molar-refractivity contribution in [3.8, 4) is 0 Å². The average Bonchev–Trinajstić information content (AvgIpc) is 2.28. The average molecular weight is 238 g/mol. The van der Waals surface area contributed by atoms with Crippen LogP contribution in [-0.4, -0.2) is 24.2 Å². The van der Waals surface area contributed by atoms with E-state index < -0.39 is 17.8 Å². The number of carboxylic acids is 1. The molecule has 1 N–H and O–H groups in total. The fourth-order valence-electron chi connectivity index (χ4n) is 1.21. The maximum atomic E-state index is 13.4. The maximum absolute atomic E-state index is 13.4. The Morgan fingerprint density at radius 1 is 1.47 bits per heavy atom. The predicted octanol–water partition coefficient (Wildman–Crippen LogP) is 2.10. The second kappa shape index (κ2) is 5.79. The summed E-state index contributed by atoms with van der Waals surface area (Å²) >= 11 is 0. The highest BCUT2D eigenvalue weighted by atomic mass is 19.1. The van der Waals surface area contributed by atoms with E-state index in [0.29, 0.717) is 5.56 Å². The van der Waals surface area contributed by atoms with Gasteiger partial charge in [0, 0.05) is 0 Å². The van der Waals surface area contributed by atoms with Crippen LogP contribution in [0.2, 0.25) is 0 Å². The highest BCUT2D eigenvalue weighted by molar-refractivity contribution is 5.89. The molecule has 0 aliphatic rings. The van der Waals surface area contributed by atoms with Crippen LogP contribution in [-0.2, 0) is 9.53 Å². The molecule has 0 spiro atoms. The van der Waals surface area contributed by atoms with E-state index in [9.17, 15) is 14.0 Å². The molecule has 4 nitrogen and oxygen atoms in total. The number of methoxy groups -OCH3 is 1. The number of hydrogen-bond donors (Lipinski definition) is 1. The van der Waals surface area contributed by atoms with Crippen LogP contribution in [0.3, 0.4) is 0 Å². The van der Waals surface area contributed by atoms with Crippen LogP contribution in [0.1, 0.15) is 22.3 Å². The predicted molar refractivity (Wildman–Crippen MR) is 59.0 cm³/mol. The molecule has 17 heavy (non-hydrogen) atoms. The van der Waals surface area contributed by atoms with E-state index in [-0.39, 0.29) is 12.0 Å². The Morgan fingerprint density at radius 3 is 2.71 bits per heavy atom. The van der Waals surface area contributed by atoms with Crippen molar-refractivity contribution < 1.29 is 23.8 Å². The van der Waals surface area contributed by atoms with Crippen LogP contribution in [0.5, 0.6) is 0 Å². The smallest absolute Gasteiger partial charge is 0.340 e. The third-order valence-electron chi connectivity index (χ3n) is 2.00. The molecule has 0 amide bonds. The number of carbonyl (C=O) groups excluding carboxylic acids is 1. The van der Waals surface area contributed by atoms with Crippen molar-refractivity contribution in [3.63, 3.8) is 0 Å². The number of aliphatic carboxylic acids is 1. The van der Waals surface area contributed by atoms with Gasteiger partial charge in [0.05, 0.1) is 19.1 Å². The van der Waals surface area contributed by atoms with E-state index in [2.05, 4.69) is 4.74 Å². The van der Waals surface area contributed by atoms with Crippen LogP contribution in [0, 0.1) is 5.82 Å². The van der Waals surface area contributed by atoms with Gasteiger partial charge < -0.3 is 9.84 Å². The van der Waals surface area contributed by atoms with Gasteiger partial charge in [0.1, 0.15) is 5.82 Å². The van der Waals surface area contributed by atoms with Gasteiger partial charge >= 0.3 is 11.9 Å². The summed E-state index contributed by atoms with van der Waals surface area (Å²) in [5.74, 6) is -2.41. The first kappa shape index (κ1) is 12.9. The third-order valence-corrected chi connectivity index (χ3v) is 2.00. The van der Waals surface area contributed by atoms with Gasteiger partial charge in [-0.05, 0) is 17.7 Å². The quantitative estimate of drug-likeness (QED) is 0.816. The molecule has 0 atom stereocenters. The fraction of sp³-hybridized carbons (Fsp3) is 0.167. The standard InChI is InChI=1S/C12H11FO4/c1-17-12(16)9-6-5-8(7-10(9)13)3-2-4-11(14)15/h2-3,5-7H,4H2,1H3,(H,14,15). The number of esters is 1. The largest absolute Gasteiger partial charge is 0.481 e. The van der Waals surface area contributed by atoms with Crippen molar-refractivity contribution in [2.75, 3.05) is 7.11 Å². The molecule has 0 aromatic heterocycles. The highest BCUT2D eigenvalue weighted by Gasteiger charge is 2.11. The zero-order valence-corrected chi connectivity index (χ0v) is 9.14. The number of hydrogen-bond acceptors (Lipinski definition) is 3. The normalized spacial score (nSPS) is 10.5. The highest BCUT2D eigenvalue weighted by Crippen LogP contribution is 2.13. The van der Waals surface area contributed by atoms with Crippen molar-refractivity contribution >= 4 is 18.0 Å². The molecule has 1 rings (SSSR count). The minimum Gasteiger partial charge on any atom is -0.481 e. The van der Waals surface area contributed by atoms with E-state index in [0.717, 1.165) is 6.07 Å². The van der Waals surface area contributed by atoms with E-state index in [1.54, 1.807) is 0 Å². The summed E-state index contributed by atoms with van der Waals surface area (Å²) in [5, 5.41) is 8.41. The van der Waals surface area contributed by atoms with Gasteiger partial charge in [0.25, 0.3) is 0 Å². The van der Waals surface area contributed by atoms with Crippen LogP contribution >= 0.6 is 0 Å². The summed E-state index contributed by atoms with van der Waals surface area (Å²) in [4.78, 5) is 21.3. The fourth-order valence-corrected chi connectivity index (χ4v) is 1.21. The molecule has 0 aliphatic heterocycles. The van der Waals surface area contributed by atoms with Crippen molar-refractivity contribution in [2.24, 2.45) is 0 Å². The summed E-state index contributed by atoms with van der Waals surface area (Å²) in [6.07, 6.45) is 2.73. The first-order valence-electron chi connectivity index (χ1n) is 4.81. The first-order chi connectivity index (χ1) is 8.04. The van der Waals surface area contributed by atoms with Gasteiger partial charge in [-0.1, -0.05) is 18.2 Å². The lowest BCUT2D eigenvalue weighted by Crippen LogP contribution is -2.04. The summed E-state index contributed by atoms with van der Waals surface area (Å²) < 4.78 is 17.8. The minimum absolute atomic E-state index is 0.139. The lowest BCUT2D eigenvalue weighted by molar-refractivity contribution is -0.135. The van der Waals surface area contributed by atoms with E-state index in [1.807, 2.05) is 0 Å². The third kappa shape index (κ3) is 3.71. The monoisotopic (exact) mass is 238 g/mol. The number of carbonyl (C=O) groups is 2. The Hall–Kier alpha value is -2.17. The molecule has 0 saturated heterocycles. The van der Waals surface area contributed by atoms with Crippen molar-refractivity contribution in [1.29, 1.82) is 0 Å². The second-order valence-electron chi connectivity index (χ2n) is 3.23. The number of carboxylic acid groups (broad SMARTS) is 1. The summed E-state index contributed by atoms with van der Waals surface area (Å²) in [7, 11) is 1.17. The van der Waals surface area contributed by atoms with Gasteiger partial charge in [-0.25, -0.2) is 9.18 Å². The number of ether oxygens (including phenoxy) is 1. The molecule has 90 valence electrons. The van der Waals surface area contributed by atoms with Crippen LogP contribution < -0.4 is 0 Å². The number of halogens is 1. The number of rotatable bonds is 4. The van der Waals surface area contributed by atoms with Crippen molar-refractivity contribution in [2.45, 2.75) is 6.42 Å². The Kier molecular flexibility index (Phi) is 4.39. The maximum Gasteiger partial charge on any atom is 0.340 e.